The van der Waals surface area contributed by atoms with Gasteiger partial charge in [-0.15, -0.1) is 0 Å². The number of aliphatic carboxylic acids is 1. The summed E-state index contributed by atoms with van der Waals surface area (Å²) in [5.74, 6) is -0.134. The van der Waals surface area contributed by atoms with Gasteiger partial charge in [0.1, 0.15) is 0 Å². The first-order chi connectivity index (χ1) is 5.52. The normalized spacial score (nSPS) is 24.3. The number of carboxylic acid groups (broad SMARTS) is 1. The molecule has 1 aliphatic rings. The third-order valence-electron chi connectivity index (χ3n) is 2.54. The smallest absolute Gasteiger partial charge is 0.309 e. The Kier molecular flexibility index (Phi) is 2.73. The predicted molar refractivity (Wildman–Crippen MR) is 47.0 cm³/mol. The third kappa shape index (κ3) is 2.21. The molecule has 0 bridgehead atoms. The maximum absolute atomic E-state index is 10.8. The lowest BCUT2D eigenvalue weighted by atomic mass is 9.82. The molecule has 0 spiro atoms. The molecule has 0 radical (unpaired) electrons. The molecule has 1 atom stereocenters. The summed E-state index contributed by atoms with van der Waals surface area (Å²) in [5.41, 5.74) is -0.559. The molecule has 0 aliphatic carbocycles. The maximum atomic E-state index is 10.8. The van der Waals surface area contributed by atoms with Crippen LogP contribution < -0.4 is 5.32 Å². The first-order valence-electron chi connectivity index (χ1n) is 4.46. The molecule has 1 saturated heterocycles. The van der Waals surface area contributed by atoms with Crippen molar-refractivity contribution in [3.63, 3.8) is 0 Å². The lowest BCUT2D eigenvalue weighted by molar-refractivity contribution is -0.147. The SMILES string of the molecule is CC(C)(CC1CCNC1)C(=O)O. The molecule has 1 unspecified atom stereocenters. The van der Waals surface area contributed by atoms with Crippen molar-refractivity contribution in [1.82, 2.24) is 5.32 Å². The number of carbonyl (C=O) groups is 1. The van der Waals surface area contributed by atoms with E-state index in [2.05, 4.69) is 5.32 Å². The minimum atomic E-state index is -0.686. The fraction of sp³-hybridized carbons (Fsp3) is 0.889. The minimum absolute atomic E-state index is 0.552. The summed E-state index contributed by atoms with van der Waals surface area (Å²) in [4.78, 5) is 10.8. The van der Waals surface area contributed by atoms with Gasteiger partial charge in [-0.3, -0.25) is 4.79 Å². The van der Waals surface area contributed by atoms with Crippen LogP contribution >= 0.6 is 0 Å². The van der Waals surface area contributed by atoms with Crippen LogP contribution in [0.2, 0.25) is 0 Å². The molecule has 3 nitrogen and oxygen atoms in total. The Morgan fingerprint density at radius 1 is 1.67 bits per heavy atom. The van der Waals surface area contributed by atoms with Gasteiger partial charge in [0.25, 0.3) is 0 Å². The van der Waals surface area contributed by atoms with E-state index < -0.39 is 11.4 Å². The maximum Gasteiger partial charge on any atom is 0.309 e. The van der Waals surface area contributed by atoms with Gasteiger partial charge in [0.2, 0.25) is 0 Å². The van der Waals surface area contributed by atoms with Crippen LogP contribution in [0.4, 0.5) is 0 Å². The molecule has 1 fully saturated rings. The second kappa shape index (κ2) is 3.44. The number of hydrogen-bond acceptors (Lipinski definition) is 2. The molecule has 0 aromatic rings. The Morgan fingerprint density at radius 2 is 2.33 bits per heavy atom. The average Bonchev–Trinajstić information content (AvgIpc) is 2.38. The van der Waals surface area contributed by atoms with Crippen LogP contribution in [0.5, 0.6) is 0 Å². The van der Waals surface area contributed by atoms with Crippen LogP contribution in [-0.4, -0.2) is 24.2 Å². The van der Waals surface area contributed by atoms with E-state index in [0.29, 0.717) is 5.92 Å². The van der Waals surface area contributed by atoms with Gasteiger partial charge in [0.05, 0.1) is 5.41 Å². The number of hydrogen-bond donors (Lipinski definition) is 2. The van der Waals surface area contributed by atoms with Gasteiger partial charge >= 0.3 is 5.97 Å². The van der Waals surface area contributed by atoms with Gasteiger partial charge in [-0.2, -0.15) is 0 Å². The van der Waals surface area contributed by atoms with E-state index in [4.69, 9.17) is 5.11 Å². The fourth-order valence-electron chi connectivity index (χ4n) is 1.70. The number of rotatable bonds is 3. The van der Waals surface area contributed by atoms with Crippen molar-refractivity contribution < 1.29 is 9.90 Å². The van der Waals surface area contributed by atoms with Crippen molar-refractivity contribution in [2.45, 2.75) is 26.7 Å². The van der Waals surface area contributed by atoms with Crippen molar-refractivity contribution in [1.29, 1.82) is 0 Å². The van der Waals surface area contributed by atoms with Gasteiger partial charge in [-0.05, 0) is 45.7 Å². The van der Waals surface area contributed by atoms with Crippen LogP contribution in [0, 0.1) is 11.3 Å². The predicted octanol–water partition coefficient (Wildman–Crippen LogP) is 1.10. The molecular formula is C9H17NO2. The second-order valence-electron chi connectivity index (χ2n) is 4.25. The standard InChI is InChI=1S/C9H17NO2/c1-9(2,8(11)12)5-7-3-4-10-6-7/h7,10H,3-6H2,1-2H3,(H,11,12). The van der Waals surface area contributed by atoms with Crippen molar-refractivity contribution in [3.8, 4) is 0 Å². The molecule has 70 valence electrons. The lowest BCUT2D eigenvalue weighted by Gasteiger charge is -2.22. The molecule has 2 N–H and O–H groups in total. The zero-order chi connectivity index (χ0) is 9.19. The first kappa shape index (κ1) is 9.52. The summed E-state index contributed by atoms with van der Waals surface area (Å²) in [6.45, 7) is 5.62. The van der Waals surface area contributed by atoms with Crippen LogP contribution in [0.25, 0.3) is 0 Å². The van der Waals surface area contributed by atoms with E-state index in [9.17, 15) is 4.79 Å². The Morgan fingerprint density at radius 3 is 2.75 bits per heavy atom. The molecule has 3 heteroatoms. The first-order valence-corrected chi connectivity index (χ1v) is 4.46. The van der Waals surface area contributed by atoms with Gasteiger partial charge in [0, 0.05) is 0 Å². The van der Waals surface area contributed by atoms with E-state index in [0.717, 1.165) is 25.9 Å². The van der Waals surface area contributed by atoms with Crippen LogP contribution in [0.3, 0.4) is 0 Å². The van der Waals surface area contributed by atoms with E-state index in [-0.39, 0.29) is 0 Å². The molecule has 12 heavy (non-hydrogen) atoms. The molecule has 0 amide bonds. The molecule has 1 aliphatic heterocycles. The lowest BCUT2D eigenvalue weighted by Crippen LogP contribution is -2.27. The summed E-state index contributed by atoms with van der Waals surface area (Å²) >= 11 is 0. The van der Waals surface area contributed by atoms with Gasteiger partial charge in [-0.25, -0.2) is 0 Å². The highest BCUT2D eigenvalue weighted by Gasteiger charge is 2.31. The summed E-state index contributed by atoms with van der Waals surface area (Å²) in [7, 11) is 0. The molecule has 0 aromatic carbocycles. The Labute approximate surface area is 73.2 Å². The molecule has 1 rings (SSSR count). The third-order valence-corrected chi connectivity index (χ3v) is 2.54. The highest BCUT2D eigenvalue weighted by atomic mass is 16.4. The monoisotopic (exact) mass is 171 g/mol. The van der Waals surface area contributed by atoms with Crippen LogP contribution in [0.15, 0.2) is 0 Å². The highest BCUT2D eigenvalue weighted by Crippen LogP contribution is 2.28. The van der Waals surface area contributed by atoms with E-state index in [1.54, 1.807) is 13.8 Å². The van der Waals surface area contributed by atoms with E-state index >= 15 is 0 Å². The van der Waals surface area contributed by atoms with Gasteiger partial charge in [0.15, 0.2) is 0 Å². The van der Waals surface area contributed by atoms with Crippen molar-refractivity contribution in [2.24, 2.45) is 11.3 Å². The zero-order valence-electron chi connectivity index (χ0n) is 7.76. The van der Waals surface area contributed by atoms with E-state index in [1.807, 2.05) is 0 Å². The summed E-state index contributed by atoms with van der Waals surface area (Å²) in [6.07, 6.45) is 1.91. The molecule has 0 saturated carbocycles. The summed E-state index contributed by atoms with van der Waals surface area (Å²) in [6, 6.07) is 0. The van der Waals surface area contributed by atoms with Crippen LogP contribution in [0.1, 0.15) is 26.7 Å². The fourth-order valence-corrected chi connectivity index (χ4v) is 1.70. The van der Waals surface area contributed by atoms with Gasteiger partial charge in [-0.1, -0.05) is 0 Å². The zero-order valence-corrected chi connectivity index (χ0v) is 7.76. The molecular weight excluding hydrogens is 154 g/mol. The molecule has 0 aromatic heterocycles. The number of nitrogens with one attached hydrogen (secondary N) is 1. The second-order valence-corrected chi connectivity index (χ2v) is 4.25. The highest BCUT2D eigenvalue weighted by molar-refractivity contribution is 5.73. The summed E-state index contributed by atoms with van der Waals surface area (Å²) < 4.78 is 0. The van der Waals surface area contributed by atoms with Crippen molar-refractivity contribution in [3.05, 3.63) is 0 Å². The Hall–Kier alpha value is -0.570. The van der Waals surface area contributed by atoms with Gasteiger partial charge < -0.3 is 10.4 Å². The molecule has 1 heterocycles. The van der Waals surface area contributed by atoms with Crippen molar-refractivity contribution in [2.75, 3.05) is 13.1 Å². The Balaban J connectivity index is 2.42. The largest absolute Gasteiger partial charge is 0.481 e. The number of carboxylic acids is 1. The minimum Gasteiger partial charge on any atom is -0.481 e. The Bertz CT molecular complexity index is 171. The average molecular weight is 171 g/mol. The summed E-state index contributed by atoms with van der Waals surface area (Å²) in [5, 5.41) is 12.1. The quantitative estimate of drug-likeness (QED) is 0.668. The van der Waals surface area contributed by atoms with Crippen LogP contribution in [-0.2, 0) is 4.79 Å². The topological polar surface area (TPSA) is 49.3 Å². The van der Waals surface area contributed by atoms with Crippen molar-refractivity contribution >= 4 is 5.97 Å². The van der Waals surface area contributed by atoms with E-state index in [1.165, 1.54) is 0 Å².